The van der Waals surface area contributed by atoms with Crippen molar-refractivity contribution >= 4 is 5.96 Å². The van der Waals surface area contributed by atoms with Crippen molar-refractivity contribution in [3.63, 3.8) is 0 Å². The highest BCUT2D eigenvalue weighted by Crippen LogP contribution is 2.15. The van der Waals surface area contributed by atoms with Gasteiger partial charge in [0.25, 0.3) is 0 Å². The van der Waals surface area contributed by atoms with Crippen LogP contribution in [0.3, 0.4) is 0 Å². The van der Waals surface area contributed by atoms with Crippen LogP contribution < -0.4 is 10.6 Å². The molecule has 0 atom stereocenters. The van der Waals surface area contributed by atoms with E-state index in [1.165, 1.54) is 11.1 Å². The van der Waals surface area contributed by atoms with Gasteiger partial charge in [-0.25, -0.2) is 0 Å². The molecule has 0 unspecified atom stereocenters. The lowest BCUT2D eigenvalue weighted by Gasteiger charge is -2.32. The molecule has 0 bridgehead atoms. The Labute approximate surface area is 171 Å². The summed E-state index contributed by atoms with van der Waals surface area (Å²) in [5.74, 6) is 1.56. The van der Waals surface area contributed by atoms with E-state index in [1.807, 2.05) is 0 Å². The van der Waals surface area contributed by atoms with Crippen LogP contribution >= 0.6 is 0 Å². The summed E-state index contributed by atoms with van der Waals surface area (Å²) in [5, 5.41) is 7.03. The molecule has 28 heavy (non-hydrogen) atoms. The number of likely N-dealkylation sites (tertiary alicyclic amines) is 1. The zero-order valence-corrected chi connectivity index (χ0v) is 18.3. The number of rotatable bonds is 10. The van der Waals surface area contributed by atoms with Crippen LogP contribution in [0.15, 0.2) is 29.3 Å². The van der Waals surface area contributed by atoms with Crippen molar-refractivity contribution in [2.24, 2.45) is 4.99 Å². The minimum absolute atomic E-state index is 0.514. The maximum Gasteiger partial charge on any atom is 0.191 e. The number of nitrogens with zero attached hydrogens (tertiary/aromatic N) is 2. The highest BCUT2D eigenvalue weighted by atomic mass is 16.5. The van der Waals surface area contributed by atoms with E-state index in [0.717, 1.165) is 71.0 Å². The standard InChI is InChI=1S/C23H40N4O/c1-5-24-23(26-22-12-15-27(16-13-22)17-18-28-4)25-14-6-7-20-8-10-21(11-9-20)19(2)3/h8-11,19,22H,5-7,12-18H2,1-4H3,(H2,24,25,26). The van der Waals surface area contributed by atoms with E-state index in [-0.39, 0.29) is 0 Å². The summed E-state index contributed by atoms with van der Waals surface area (Å²) < 4.78 is 5.18. The Hall–Kier alpha value is -1.59. The lowest BCUT2D eigenvalue weighted by molar-refractivity contribution is 0.128. The fourth-order valence-corrected chi connectivity index (χ4v) is 3.58. The third kappa shape index (κ3) is 8.19. The van der Waals surface area contributed by atoms with E-state index in [0.29, 0.717) is 12.0 Å². The molecule has 158 valence electrons. The average molecular weight is 389 g/mol. The Morgan fingerprint density at radius 2 is 1.93 bits per heavy atom. The first-order chi connectivity index (χ1) is 13.6. The summed E-state index contributed by atoms with van der Waals surface area (Å²) in [7, 11) is 1.77. The molecule has 0 aromatic heterocycles. The monoisotopic (exact) mass is 388 g/mol. The Balaban J connectivity index is 1.73. The van der Waals surface area contributed by atoms with Crippen LogP contribution in [0.25, 0.3) is 0 Å². The van der Waals surface area contributed by atoms with Crippen LogP contribution in [0.2, 0.25) is 0 Å². The zero-order valence-electron chi connectivity index (χ0n) is 18.3. The molecule has 0 radical (unpaired) electrons. The van der Waals surface area contributed by atoms with Crippen molar-refractivity contribution in [1.29, 1.82) is 0 Å². The number of methoxy groups -OCH3 is 1. The van der Waals surface area contributed by atoms with Crippen LogP contribution in [0.4, 0.5) is 0 Å². The summed E-state index contributed by atoms with van der Waals surface area (Å²) in [6.45, 7) is 12.5. The van der Waals surface area contributed by atoms with Gasteiger partial charge in [-0.05, 0) is 49.7 Å². The third-order valence-electron chi connectivity index (χ3n) is 5.42. The largest absolute Gasteiger partial charge is 0.383 e. The lowest BCUT2D eigenvalue weighted by Crippen LogP contribution is -2.49. The number of hydrogen-bond donors (Lipinski definition) is 2. The van der Waals surface area contributed by atoms with Crippen LogP contribution in [-0.4, -0.2) is 63.3 Å². The summed E-state index contributed by atoms with van der Waals surface area (Å²) in [5.41, 5.74) is 2.81. The van der Waals surface area contributed by atoms with E-state index in [4.69, 9.17) is 9.73 Å². The molecular formula is C23H40N4O. The molecule has 5 heteroatoms. The van der Waals surface area contributed by atoms with Crippen LogP contribution in [0, 0.1) is 0 Å². The van der Waals surface area contributed by atoms with Gasteiger partial charge in [0.15, 0.2) is 5.96 Å². The van der Waals surface area contributed by atoms with E-state index in [9.17, 15) is 0 Å². The molecule has 1 fully saturated rings. The molecule has 1 heterocycles. The van der Waals surface area contributed by atoms with E-state index in [2.05, 4.69) is 60.6 Å². The van der Waals surface area contributed by atoms with Crippen molar-refractivity contribution in [3.05, 3.63) is 35.4 Å². The summed E-state index contributed by atoms with van der Waals surface area (Å²) >= 11 is 0. The highest BCUT2D eigenvalue weighted by molar-refractivity contribution is 5.80. The van der Waals surface area contributed by atoms with E-state index in [1.54, 1.807) is 7.11 Å². The molecule has 0 spiro atoms. The SMILES string of the molecule is CCNC(=NCCCc1ccc(C(C)C)cc1)NC1CCN(CCOC)CC1. The lowest BCUT2D eigenvalue weighted by atomic mass is 10.0. The van der Waals surface area contributed by atoms with Crippen molar-refractivity contribution in [3.8, 4) is 0 Å². The molecular weight excluding hydrogens is 348 g/mol. The van der Waals surface area contributed by atoms with Crippen molar-refractivity contribution in [2.75, 3.05) is 46.4 Å². The van der Waals surface area contributed by atoms with Gasteiger partial charge in [-0.2, -0.15) is 0 Å². The van der Waals surface area contributed by atoms with Gasteiger partial charge in [0, 0.05) is 45.9 Å². The number of hydrogen-bond acceptors (Lipinski definition) is 3. The van der Waals surface area contributed by atoms with Crippen LogP contribution in [0.5, 0.6) is 0 Å². The first kappa shape index (κ1) is 22.7. The molecule has 1 saturated heterocycles. The first-order valence-electron chi connectivity index (χ1n) is 11.0. The molecule has 1 aromatic rings. The maximum absolute atomic E-state index is 5.18. The Morgan fingerprint density at radius 3 is 2.54 bits per heavy atom. The molecule has 0 aliphatic carbocycles. The number of aryl methyl sites for hydroxylation is 1. The van der Waals surface area contributed by atoms with Crippen LogP contribution in [0.1, 0.15) is 57.1 Å². The number of piperidine rings is 1. The fourth-order valence-electron chi connectivity index (χ4n) is 3.58. The van der Waals surface area contributed by atoms with Gasteiger partial charge in [0.1, 0.15) is 0 Å². The Kier molecular flexibility index (Phi) is 10.4. The van der Waals surface area contributed by atoms with Gasteiger partial charge in [0.05, 0.1) is 6.61 Å². The predicted octanol–water partition coefficient (Wildman–Crippen LogP) is 3.41. The second-order valence-electron chi connectivity index (χ2n) is 8.01. The average Bonchev–Trinajstić information content (AvgIpc) is 2.71. The summed E-state index contributed by atoms with van der Waals surface area (Å²) in [4.78, 5) is 7.28. The molecule has 1 aromatic carbocycles. The minimum Gasteiger partial charge on any atom is -0.383 e. The highest BCUT2D eigenvalue weighted by Gasteiger charge is 2.19. The number of benzene rings is 1. The second kappa shape index (κ2) is 12.8. The molecule has 5 nitrogen and oxygen atoms in total. The number of guanidine groups is 1. The second-order valence-corrected chi connectivity index (χ2v) is 8.01. The van der Waals surface area contributed by atoms with E-state index < -0.39 is 0 Å². The quantitative estimate of drug-likeness (QED) is 0.366. The normalized spacial score (nSPS) is 16.5. The molecule has 2 N–H and O–H groups in total. The smallest absolute Gasteiger partial charge is 0.191 e. The van der Waals surface area contributed by atoms with Crippen molar-refractivity contribution in [1.82, 2.24) is 15.5 Å². The Morgan fingerprint density at radius 1 is 1.21 bits per heavy atom. The van der Waals surface area contributed by atoms with Gasteiger partial charge in [0.2, 0.25) is 0 Å². The van der Waals surface area contributed by atoms with Gasteiger partial charge >= 0.3 is 0 Å². The molecule has 0 amide bonds. The van der Waals surface area contributed by atoms with Gasteiger partial charge in [-0.3, -0.25) is 4.99 Å². The first-order valence-corrected chi connectivity index (χ1v) is 11.0. The Bertz CT molecular complexity index is 562. The third-order valence-corrected chi connectivity index (χ3v) is 5.42. The molecule has 1 aliphatic rings. The topological polar surface area (TPSA) is 48.9 Å². The number of aliphatic imine (C=N–C) groups is 1. The van der Waals surface area contributed by atoms with Crippen molar-refractivity contribution in [2.45, 2.75) is 58.4 Å². The molecule has 2 rings (SSSR count). The van der Waals surface area contributed by atoms with Crippen molar-refractivity contribution < 1.29 is 4.74 Å². The van der Waals surface area contributed by atoms with Gasteiger partial charge in [-0.1, -0.05) is 38.1 Å². The fraction of sp³-hybridized carbons (Fsp3) is 0.696. The van der Waals surface area contributed by atoms with Gasteiger partial charge < -0.3 is 20.3 Å². The molecule has 1 aliphatic heterocycles. The number of nitrogens with one attached hydrogen (secondary N) is 2. The zero-order chi connectivity index (χ0) is 20.2. The maximum atomic E-state index is 5.18. The minimum atomic E-state index is 0.514. The van der Waals surface area contributed by atoms with Crippen LogP contribution in [-0.2, 0) is 11.2 Å². The predicted molar refractivity (Wildman–Crippen MR) is 119 cm³/mol. The number of ether oxygens (including phenoxy) is 1. The summed E-state index contributed by atoms with van der Waals surface area (Å²) in [6, 6.07) is 9.56. The van der Waals surface area contributed by atoms with Gasteiger partial charge in [-0.15, -0.1) is 0 Å². The molecule has 0 saturated carbocycles. The summed E-state index contributed by atoms with van der Waals surface area (Å²) in [6.07, 6.45) is 4.49. The van der Waals surface area contributed by atoms with E-state index >= 15 is 0 Å².